The lowest BCUT2D eigenvalue weighted by Crippen LogP contribution is -2.30. The summed E-state index contributed by atoms with van der Waals surface area (Å²) >= 11 is 6.37. The summed E-state index contributed by atoms with van der Waals surface area (Å²) in [5.41, 5.74) is 6.37. The second-order valence-corrected chi connectivity index (χ2v) is 6.38. The molecular weight excluding hydrogens is 409 g/mol. The number of halogens is 2. The number of rotatable bonds is 6. The van der Waals surface area contributed by atoms with Crippen LogP contribution in [0.4, 0.5) is 21.6 Å². The molecule has 3 aromatic rings. The summed E-state index contributed by atoms with van der Waals surface area (Å²) in [6.07, 6.45) is 0.326. The fourth-order valence-corrected chi connectivity index (χ4v) is 2.88. The van der Waals surface area contributed by atoms with E-state index in [0.717, 1.165) is 6.07 Å². The van der Waals surface area contributed by atoms with Crippen LogP contribution in [0.3, 0.4) is 0 Å². The Morgan fingerprint density at radius 1 is 1.36 bits per heavy atom. The van der Waals surface area contributed by atoms with Crippen LogP contribution in [0.25, 0.3) is 10.9 Å². The molecule has 0 bridgehead atoms. The number of hydrogen-bond acceptors (Lipinski definition) is 7. The molecule has 8 nitrogen and oxygen atoms in total. The highest BCUT2D eigenvalue weighted by Gasteiger charge is 2.16. The molecule has 0 fully saturated rings. The maximum Gasteiger partial charge on any atom is 0.258 e. The van der Waals surface area contributed by atoms with Gasteiger partial charge in [0.25, 0.3) is 5.91 Å². The highest BCUT2D eigenvalue weighted by Crippen LogP contribution is 2.35. The van der Waals surface area contributed by atoms with Gasteiger partial charge in [0, 0.05) is 6.07 Å². The van der Waals surface area contributed by atoms with E-state index in [1.807, 2.05) is 0 Å². The Balaban J connectivity index is 2.06. The number of primary amides is 1. The molecule has 144 valence electrons. The predicted octanol–water partition coefficient (Wildman–Crippen LogP) is 3.45. The molecule has 0 aliphatic rings. The zero-order valence-corrected chi connectivity index (χ0v) is 15.9. The smallest absolute Gasteiger partial charge is 0.258 e. The number of fused-ring (bicyclic) bond motifs is 1. The molecule has 1 amide bonds. The van der Waals surface area contributed by atoms with E-state index in [9.17, 15) is 13.4 Å². The molecule has 0 radical (unpaired) electrons. The van der Waals surface area contributed by atoms with Crippen LogP contribution in [0.2, 0.25) is 5.02 Å². The number of nitrogens with one attached hydrogen (secondary N) is 1. The molecule has 0 aliphatic carbocycles. The second-order valence-electron chi connectivity index (χ2n) is 5.64. The molecule has 0 saturated carbocycles. The highest BCUT2D eigenvalue weighted by atomic mass is 35.5. The summed E-state index contributed by atoms with van der Waals surface area (Å²) in [7, 11) is 0. The minimum Gasteiger partial charge on any atom is -0.479 e. The van der Waals surface area contributed by atoms with Crippen molar-refractivity contribution in [1.29, 1.82) is 0 Å². The average Bonchev–Trinajstić information content (AvgIpc) is 2.64. The summed E-state index contributed by atoms with van der Waals surface area (Å²) in [5, 5.41) is 3.74. The van der Waals surface area contributed by atoms with Gasteiger partial charge in [0.2, 0.25) is 11.5 Å². The molecule has 28 heavy (non-hydrogen) atoms. The van der Waals surface area contributed by atoms with E-state index in [1.54, 1.807) is 6.07 Å². The van der Waals surface area contributed by atoms with E-state index in [2.05, 4.69) is 19.6 Å². The highest BCUT2D eigenvalue weighted by molar-refractivity contribution is 7.54. The summed E-state index contributed by atoms with van der Waals surface area (Å²) in [5.74, 6) is -0.856. The third-order valence-corrected chi connectivity index (χ3v) is 4.30. The predicted molar refractivity (Wildman–Crippen MR) is 104 cm³/mol. The summed E-state index contributed by atoms with van der Waals surface area (Å²) in [4.78, 5) is 19.6. The number of carbonyl (C=O) groups excluding carboxylic acids is 1. The molecule has 0 unspecified atom stereocenters. The van der Waals surface area contributed by atoms with Gasteiger partial charge in [0.15, 0.2) is 6.10 Å². The van der Waals surface area contributed by atoms with Gasteiger partial charge in [0.1, 0.15) is 23.7 Å². The molecule has 1 heterocycles. The lowest BCUT2D eigenvalue weighted by molar-refractivity contribution is -0.123. The first-order valence-corrected chi connectivity index (χ1v) is 8.93. The average molecular weight is 422 g/mol. The Labute approximate surface area is 167 Å². The maximum atomic E-state index is 13.7. The van der Waals surface area contributed by atoms with E-state index in [-0.39, 0.29) is 22.2 Å². The zero-order chi connectivity index (χ0) is 20.3. The number of hydrogen-bond donors (Lipinski definition) is 2. The van der Waals surface area contributed by atoms with Gasteiger partial charge in [-0.25, -0.2) is 14.4 Å². The van der Waals surface area contributed by atoms with E-state index in [4.69, 9.17) is 22.1 Å². The molecule has 1 atom stereocenters. The standard InChI is InChI=1S/C17H13ClFN5O3S/c1-8(16(20)25)27-14-4-9(19)2-3-12(14)23-17-15-11(18)5-10(24-28-26)6-13(15)21-7-22-17/h2-8H,1H3,(H2,20,25)(H,21,22,23)/t8-/m1/s1. The Bertz CT molecular complexity index is 1120. The molecule has 3 N–H and O–H groups in total. The number of nitrogens with zero attached hydrogens (tertiary/aromatic N) is 3. The number of carbonyl (C=O) groups is 1. The van der Waals surface area contributed by atoms with Crippen molar-refractivity contribution in [2.24, 2.45) is 10.1 Å². The Morgan fingerprint density at radius 2 is 2.14 bits per heavy atom. The number of aromatic nitrogens is 2. The number of nitrogens with two attached hydrogens (primary N) is 1. The van der Waals surface area contributed by atoms with Crippen LogP contribution in [0.15, 0.2) is 41.0 Å². The van der Waals surface area contributed by atoms with Gasteiger partial charge in [-0.3, -0.25) is 4.79 Å². The molecule has 2 aromatic carbocycles. The normalized spacial score (nSPS) is 11.7. The monoisotopic (exact) mass is 421 g/mol. The molecule has 11 heteroatoms. The van der Waals surface area contributed by atoms with Crippen molar-refractivity contribution in [2.45, 2.75) is 13.0 Å². The quantitative estimate of drug-likeness (QED) is 0.629. The van der Waals surface area contributed by atoms with Crippen LogP contribution in [-0.4, -0.2) is 26.2 Å². The van der Waals surface area contributed by atoms with Crippen molar-refractivity contribution in [3.8, 4) is 5.75 Å². The van der Waals surface area contributed by atoms with Gasteiger partial charge in [-0.2, -0.15) is 8.57 Å². The van der Waals surface area contributed by atoms with Crippen molar-refractivity contribution in [1.82, 2.24) is 9.97 Å². The van der Waals surface area contributed by atoms with E-state index < -0.39 is 17.8 Å². The first-order chi connectivity index (χ1) is 13.4. The van der Waals surface area contributed by atoms with Crippen LogP contribution in [-0.2, 0) is 16.3 Å². The molecule has 3 rings (SSSR count). The molecule has 0 spiro atoms. The second kappa shape index (κ2) is 8.28. The van der Waals surface area contributed by atoms with E-state index >= 15 is 0 Å². The van der Waals surface area contributed by atoms with Crippen LogP contribution in [0.1, 0.15) is 6.92 Å². The maximum absolute atomic E-state index is 13.7. The molecular formula is C17H13ClFN5O3S. The van der Waals surface area contributed by atoms with Gasteiger partial charge in [-0.1, -0.05) is 11.6 Å². The van der Waals surface area contributed by atoms with Gasteiger partial charge in [0.05, 0.1) is 27.3 Å². The first-order valence-electron chi connectivity index (χ1n) is 7.86. The minimum atomic E-state index is -0.971. The van der Waals surface area contributed by atoms with Gasteiger partial charge >= 0.3 is 0 Å². The lowest BCUT2D eigenvalue weighted by atomic mass is 10.2. The number of amides is 1. The number of benzene rings is 2. The van der Waals surface area contributed by atoms with E-state index in [0.29, 0.717) is 28.1 Å². The summed E-state index contributed by atoms with van der Waals surface area (Å²) in [6, 6.07) is 6.85. The zero-order valence-electron chi connectivity index (χ0n) is 14.3. The topological polar surface area (TPSA) is 120 Å². The third kappa shape index (κ3) is 4.24. The summed E-state index contributed by atoms with van der Waals surface area (Å²) < 4.78 is 33.4. The first kappa shape index (κ1) is 19.6. The number of anilines is 2. The van der Waals surface area contributed by atoms with Gasteiger partial charge in [-0.05, 0) is 31.2 Å². The SMILES string of the molecule is C[C@@H](Oc1cc(F)ccc1Nc1ncnc2cc(N=S=O)cc(Cl)c12)C(N)=O. The Kier molecular flexibility index (Phi) is 5.81. The van der Waals surface area contributed by atoms with Gasteiger partial charge < -0.3 is 15.8 Å². The fourth-order valence-electron chi connectivity index (χ4n) is 2.39. The fraction of sp³-hybridized carbons (Fsp3) is 0.118. The van der Waals surface area contributed by atoms with Crippen molar-refractivity contribution in [3.63, 3.8) is 0 Å². The largest absolute Gasteiger partial charge is 0.479 e. The Hall–Kier alpha value is -3.11. The number of ether oxygens (including phenoxy) is 1. The lowest BCUT2D eigenvalue weighted by Gasteiger charge is -2.17. The minimum absolute atomic E-state index is 0.0576. The van der Waals surface area contributed by atoms with Gasteiger partial charge in [-0.15, -0.1) is 0 Å². The molecule has 1 aromatic heterocycles. The van der Waals surface area contributed by atoms with Crippen LogP contribution >= 0.6 is 11.6 Å². The van der Waals surface area contributed by atoms with Crippen LogP contribution in [0.5, 0.6) is 5.75 Å². The molecule has 0 saturated heterocycles. The molecule has 0 aliphatic heterocycles. The third-order valence-electron chi connectivity index (χ3n) is 3.72. The van der Waals surface area contributed by atoms with Crippen molar-refractivity contribution >= 4 is 57.1 Å². The Morgan fingerprint density at radius 3 is 2.86 bits per heavy atom. The van der Waals surface area contributed by atoms with Crippen LogP contribution in [0, 0.1) is 5.82 Å². The van der Waals surface area contributed by atoms with Crippen molar-refractivity contribution in [3.05, 3.63) is 47.5 Å². The summed E-state index contributed by atoms with van der Waals surface area (Å²) in [6.45, 7) is 1.45. The van der Waals surface area contributed by atoms with E-state index in [1.165, 1.54) is 31.5 Å². The van der Waals surface area contributed by atoms with Crippen molar-refractivity contribution < 1.29 is 18.1 Å². The van der Waals surface area contributed by atoms with Crippen LogP contribution < -0.4 is 15.8 Å². The van der Waals surface area contributed by atoms with Crippen molar-refractivity contribution in [2.75, 3.05) is 5.32 Å².